The average Bonchev–Trinajstić information content (AvgIpc) is 3.26. The summed E-state index contributed by atoms with van der Waals surface area (Å²) in [6.45, 7) is 8.93. The molecule has 0 atom stereocenters. The van der Waals surface area contributed by atoms with E-state index < -0.39 is 0 Å². The number of aromatic nitrogens is 3. The van der Waals surface area contributed by atoms with Crippen LogP contribution in [0.5, 0.6) is 0 Å². The SMILES string of the molecule is CCCn1c(SCC(=O)Nc2c(C)cc(C)cc2C)nnc1-c1ccco1. The maximum absolute atomic E-state index is 12.5. The van der Waals surface area contributed by atoms with Gasteiger partial charge >= 0.3 is 0 Å². The molecule has 0 aliphatic carbocycles. The van der Waals surface area contributed by atoms with Crippen LogP contribution >= 0.6 is 11.8 Å². The number of hydrogen-bond donors (Lipinski definition) is 1. The lowest BCUT2D eigenvalue weighted by Crippen LogP contribution is -2.16. The Morgan fingerprint density at radius 3 is 2.59 bits per heavy atom. The summed E-state index contributed by atoms with van der Waals surface area (Å²) in [5.74, 6) is 1.58. The monoisotopic (exact) mass is 384 g/mol. The summed E-state index contributed by atoms with van der Waals surface area (Å²) >= 11 is 1.38. The zero-order valence-electron chi connectivity index (χ0n) is 16.1. The van der Waals surface area contributed by atoms with Gasteiger partial charge in [0.2, 0.25) is 5.91 Å². The van der Waals surface area contributed by atoms with Crippen LogP contribution in [0, 0.1) is 20.8 Å². The molecule has 0 unspecified atom stereocenters. The first-order valence-corrected chi connectivity index (χ1v) is 9.95. The predicted molar refractivity (Wildman–Crippen MR) is 108 cm³/mol. The third kappa shape index (κ3) is 4.42. The molecule has 0 bridgehead atoms. The molecule has 3 rings (SSSR count). The third-order valence-corrected chi connectivity index (χ3v) is 5.15. The van der Waals surface area contributed by atoms with Crippen LogP contribution in [-0.2, 0) is 11.3 Å². The number of nitrogens with zero attached hydrogens (tertiary/aromatic N) is 3. The summed E-state index contributed by atoms with van der Waals surface area (Å²) < 4.78 is 7.45. The van der Waals surface area contributed by atoms with Crippen molar-refractivity contribution in [3.63, 3.8) is 0 Å². The van der Waals surface area contributed by atoms with Crippen LogP contribution in [0.1, 0.15) is 30.0 Å². The zero-order valence-corrected chi connectivity index (χ0v) is 16.9. The van der Waals surface area contributed by atoms with E-state index in [-0.39, 0.29) is 11.7 Å². The fourth-order valence-corrected chi connectivity index (χ4v) is 3.86. The van der Waals surface area contributed by atoms with Gasteiger partial charge in [0.05, 0.1) is 12.0 Å². The van der Waals surface area contributed by atoms with E-state index in [1.165, 1.54) is 17.3 Å². The molecule has 7 heteroatoms. The number of aryl methyl sites for hydroxylation is 3. The molecular formula is C20H24N4O2S. The van der Waals surface area contributed by atoms with Crippen molar-refractivity contribution in [3.05, 3.63) is 47.2 Å². The summed E-state index contributed by atoms with van der Waals surface area (Å²) in [6, 6.07) is 7.83. The Balaban J connectivity index is 1.71. The minimum atomic E-state index is -0.0550. The zero-order chi connectivity index (χ0) is 19.4. The first-order chi connectivity index (χ1) is 13.0. The van der Waals surface area contributed by atoms with Crippen LogP contribution in [0.4, 0.5) is 5.69 Å². The molecule has 3 aromatic rings. The number of anilines is 1. The molecule has 1 N–H and O–H groups in total. The van der Waals surface area contributed by atoms with Gasteiger partial charge in [0.1, 0.15) is 0 Å². The van der Waals surface area contributed by atoms with Gasteiger partial charge in [-0.05, 0) is 50.5 Å². The second kappa shape index (κ2) is 8.43. The Morgan fingerprint density at radius 1 is 1.22 bits per heavy atom. The standard InChI is InChI=1S/C20H24N4O2S/c1-5-8-24-19(16-7-6-9-26-16)22-23-20(24)27-12-17(25)21-18-14(3)10-13(2)11-15(18)4/h6-7,9-11H,5,8,12H2,1-4H3,(H,21,25). The number of furan rings is 1. The fraction of sp³-hybridized carbons (Fsp3) is 0.350. The molecule has 6 nitrogen and oxygen atoms in total. The highest BCUT2D eigenvalue weighted by molar-refractivity contribution is 7.99. The van der Waals surface area contributed by atoms with Crippen molar-refractivity contribution in [2.45, 2.75) is 45.8 Å². The Bertz CT molecular complexity index is 909. The number of amides is 1. The van der Waals surface area contributed by atoms with E-state index in [4.69, 9.17) is 4.42 Å². The summed E-state index contributed by atoms with van der Waals surface area (Å²) in [6.07, 6.45) is 2.56. The Kier molecular flexibility index (Phi) is 6.01. The van der Waals surface area contributed by atoms with E-state index in [0.29, 0.717) is 11.6 Å². The summed E-state index contributed by atoms with van der Waals surface area (Å²) in [7, 11) is 0. The molecule has 142 valence electrons. The van der Waals surface area contributed by atoms with Crippen LogP contribution in [0.15, 0.2) is 40.1 Å². The normalized spacial score (nSPS) is 11.0. The number of nitrogens with one attached hydrogen (secondary N) is 1. The van der Waals surface area contributed by atoms with Crippen molar-refractivity contribution < 1.29 is 9.21 Å². The Morgan fingerprint density at radius 2 is 1.96 bits per heavy atom. The van der Waals surface area contributed by atoms with Gasteiger partial charge in [-0.25, -0.2) is 0 Å². The minimum absolute atomic E-state index is 0.0550. The maximum atomic E-state index is 12.5. The predicted octanol–water partition coefficient (Wildman–Crippen LogP) is 4.60. The molecule has 0 aliphatic heterocycles. The summed E-state index contributed by atoms with van der Waals surface area (Å²) in [4.78, 5) is 12.5. The van der Waals surface area contributed by atoms with Crippen molar-refractivity contribution in [2.75, 3.05) is 11.1 Å². The summed E-state index contributed by atoms with van der Waals surface area (Å²) in [5, 5.41) is 12.2. The second-order valence-corrected chi connectivity index (χ2v) is 7.49. The minimum Gasteiger partial charge on any atom is -0.461 e. The van der Waals surface area contributed by atoms with Gasteiger partial charge in [0.15, 0.2) is 16.7 Å². The van der Waals surface area contributed by atoms with Crippen molar-refractivity contribution in [1.82, 2.24) is 14.8 Å². The van der Waals surface area contributed by atoms with E-state index in [2.05, 4.69) is 41.5 Å². The fourth-order valence-electron chi connectivity index (χ4n) is 3.09. The van der Waals surface area contributed by atoms with E-state index in [1.54, 1.807) is 6.26 Å². The molecule has 2 heterocycles. The van der Waals surface area contributed by atoms with Gasteiger partial charge in [-0.1, -0.05) is 36.4 Å². The van der Waals surface area contributed by atoms with Gasteiger partial charge in [-0.15, -0.1) is 10.2 Å². The Hall–Kier alpha value is -2.54. The highest BCUT2D eigenvalue weighted by Gasteiger charge is 2.17. The van der Waals surface area contributed by atoms with Crippen molar-refractivity contribution >= 4 is 23.4 Å². The number of carbonyl (C=O) groups excluding carboxylic acids is 1. The quantitative estimate of drug-likeness (QED) is 0.603. The molecule has 0 aliphatic rings. The largest absolute Gasteiger partial charge is 0.461 e. The topological polar surface area (TPSA) is 73.0 Å². The van der Waals surface area contributed by atoms with Gasteiger partial charge < -0.3 is 9.73 Å². The van der Waals surface area contributed by atoms with Crippen molar-refractivity contribution in [2.24, 2.45) is 0 Å². The average molecular weight is 385 g/mol. The number of thioether (sulfide) groups is 1. The highest BCUT2D eigenvalue weighted by Crippen LogP contribution is 2.26. The van der Waals surface area contributed by atoms with Crippen LogP contribution < -0.4 is 5.32 Å². The molecule has 0 saturated heterocycles. The molecule has 0 radical (unpaired) electrons. The molecule has 1 amide bonds. The number of hydrogen-bond acceptors (Lipinski definition) is 5. The van der Waals surface area contributed by atoms with Crippen LogP contribution in [0.25, 0.3) is 11.6 Å². The summed E-state index contributed by atoms with van der Waals surface area (Å²) in [5.41, 5.74) is 4.22. The number of benzene rings is 1. The van der Waals surface area contributed by atoms with Crippen LogP contribution in [0.3, 0.4) is 0 Å². The maximum Gasteiger partial charge on any atom is 0.234 e. The van der Waals surface area contributed by atoms with Crippen molar-refractivity contribution in [3.8, 4) is 11.6 Å². The Labute approximate surface area is 163 Å². The van der Waals surface area contributed by atoms with Gasteiger partial charge in [-0.3, -0.25) is 9.36 Å². The smallest absolute Gasteiger partial charge is 0.234 e. The van der Waals surface area contributed by atoms with E-state index in [1.807, 2.05) is 30.5 Å². The van der Waals surface area contributed by atoms with E-state index >= 15 is 0 Å². The molecule has 27 heavy (non-hydrogen) atoms. The number of carbonyl (C=O) groups is 1. The molecule has 0 fully saturated rings. The van der Waals surface area contributed by atoms with E-state index in [9.17, 15) is 4.79 Å². The van der Waals surface area contributed by atoms with Gasteiger partial charge in [0.25, 0.3) is 0 Å². The second-order valence-electron chi connectivity index (χ2n) is 6.55. The first kappa shape index (κ1) is 19.2. The molecule has 2 aromatic heterocycles. The lowest BCUT2D eigenvalue weighted by Gasteiger charge is -2.13. The molecule has 0 spiro atoms. The first-order valence-electron chi connectivity index (χ1n) is 8.97. The highest BCUT2D eigenvalue weighted by atomic mass is 32.2. The lowest BCUT2D eigenvalue weighted by molar-refractivity contribution is -0.113. The third-order valence-electron chi connectivity index (χ3n) is 4.18. The lowest BCUT2D eigenvalue weighted by atomic mass is 10.1. The molecule has 0 saturated carbocycles. The van der Waals surface area contributed by atoms with Crippen molar-refractivity contribution in [1.29, 1.82) is 0 Å². The van der Waals surface area contributed by atoms with Crippen LogP contribution in [0.2, 0.25) is 0 Å². The van der Waals surface area contributed by atoms with Gasteiger partial charge in [-0.2, -0.15) is 0 Å². The number of rotatable bonds is 7. The van der Waals surface area contributed by atoms with E-state index in [0.717, 1.165) is 34.9 Å². The van der Waals surface area contributed by atoms with Gasteiger partial charge in [0, 0.05) is 12.2 Å². The molecule has 1 aromatic carbocycles. The van der Waals surface area contributed by atoms with Crippen LogP contribution in [-0.4, -0.2) is 26.4 Å². The molecular weight excluding hydrogens is 360 g/mol.